The predicted molar refractivity (Wildman–Crippen MR) is 65.2 cm³/mol. The van der Waals surface area contributed by atoms with Gasteiger partial charge in [0.25, 0.3) is 0 Å². The lowest BCUT2D eigenvalue weighted by atomic mass is 9.89. The van der Waals surface area contributed by atoms with Crippen LogP contribution in [0.2, 0.25) is 0 Å². The van der Waals surface area contributed by atoms with Gasteiger partial charge in [-0.15, -0.1) is 0 Å². The van der Waals surface area contributed by atoms with E-state index in [0.717, 1.165) is 24.3 Å². The van der Waals surface area contributed by atoms with E-state index < -0.39 is 0 Å². The molecule has 17 heavy (non-hydrogen) atoms. The fourth-order valence-electron chi connectivity index (χ4n) is 2.24. The molecule has 2 heterocycles. The van der Waals surface area contributed by atoms with Gasteiger partial charge < -0.3 is 10.1 Å². The number of methoxy groups -OCH3 is 1. The molecule has 1 aliphatic carbocycles. The molecule has 5 heteroatoms. The Hall–Kier alpha value is -1.62. The van der Waals surface area contributed by atoms with Crippen molar-refractivity contribution in [3.05, 3.63) is 24.0 Å². The SMILES string of the molecule is COC1CC(Nc2cc(C)cc3ncnn23)C1. The quantitative estimate of drug-likeness (QED) is 0.873. The molecule has 1 fully saturated rings. The van der Waals surface area contributed by atoms with Gasteiger partial charge in [-0.1, -0.05) is 0 Å². The topological polar surface area (TPSA) is 51.5 Å². The maximum Gasteiger partial charge on any atom is 0.157 e. The number of hydrogen-bond donors (Lipinski definition) is 1. The molecule has 2 aromatic rings. The summed E-state index contributed by atoms with van der Waals surface area (Å²) in [6.45, 7) is 2.07. The molecule has 0 aromatic carbocycles. The van der Waals surface area contributed by atoms with Crippen LogP contribution in [0.5, 0.6) is 0 Å². The van der Waals surface area contributed by atoms with Crippen LogP contribution in [0.1, 0.15) is 18.4 Å². The normalized spacial score (nSPS) is 23.6. The van der Waals surface area contributed by atoms with E-state index in [1.165, 1.54) is 5.56 Å². The number of nitrogens with zero attached hydrogens (tertiary/aromatic N) is 3. The molecule has 0 bridgehead atoms. The van der Waals surface area contributed by atoms with Gasteiger partial charge in [0.1, 0.15) is 12.1 Å². The number of aromatic nitrogens is 3. The average molecular weight is 232 g/mol. The van der Waals surface area contributed by atoms with Gasteiger partial charge in [0.05, 0.1) is 6.10 Å². The first-order chi connectivity index (χ1) is 8.26. The van der Waals surface area contributed by atoms with Crippen LogP contribution in [-0.4, -0.2) is 33.9 Å². The van der Waals surface area contributed by atoms with Crippen LogP contribution in [0.15, 0.2) is 18.5 Å². The van der Waals surface area contributed by atoms with Gasteiger partial charge in [-0.3, -0.25) is 0 Å². The summed E-state index contributed by atoms with van der Waals surface area (Å²) in [5.41, 5.74) is 2.07. The summed E-state index contributed by atoms with van der Waals surface area (Å²) in [5.74, 6) is 1.01. The van der Waals surface area contributed by atoms with E-state index in [2.05, 4.69) is 28.4 Å². The Kier molecular flexibility index (Phi) is 2.48. The fraction of sp³-hybridized carbons (Fsp3) is 0.500. The van der Waals surface area contributed by atoms with Crippen LogP contribution in [-0.2, 0) is 4.74 Å². The highest BCUT2D eigenvalue weighted by molar-refractivity contribution is 5.51. The Bertz CT molecular complexity index is 530. The molecule has 2 aromatic heterocycles. The van der Waals surface area contributed by atoms with Gasteiger partial charge in [-0.05, 0) is 37.5 Å². The second-order valence-electron chi connectivity index (χ2n) is 4.62. The zero-order chi connectivity index (χ0) is 11.8. The Morgan fingerprint density at radius 3 is 3.00 bits per heavy atom. The van der Waals surface area contributed by atoms with Crippen LogP contribution >= 0.6 is 0 Å². The largest absolute Gasteiger partial charge is 0.381 e. The van der Waals surface area contributed by atoms with Crippen LogP contribution in [0.25, 0.3) is 5.65 Å². The lowest BCUT2D eigenvalue weighted by molar-refractivity contribution is 0.0327. The van der Waals surface area contributed by atoms with Crippen molar-refractivity contribution in [2.75, 3.05) is 12.4 Å². The third-order valence-corrected chi connectivity index (χ3v) is 3.30. The first kappa shape index (κ1) is 10.5. The van der Waals surface area contributed by atoms with Crippen molar-refractivity contribution in [2.24, 2.45) is 0 Å². The van der Waals surface area contributed by atoms with Gasteiger partial charge in [0.2, 0.25) is 0 Å². The van der Waals surface area contributed by atoms with Crippen molar-refractivity contribution in [3.63, 3.8) is 0 Å². The smallest absolute Gasteiger partial charge is 0.157 e. The fourth-order valence-corrected chi connectivity index (χ4v) is 2.24. The molecule has 0 spiro atoms. The first-order valence-electron chi connectivity index (χ1n) is 5.86. The monoisotopic (exact) mass is 232 g/mol. The maximum absolute atomic E-state index is 5.28. The number of hydrogen-bond acceptors (Lipinski definition) is 4. The van der Waals surface area contributed by atoms with E-state index in [0.29, 0.717) is 12.1 Å². The summed E-state index contributed by atoms with van der Waals surface area (Å²) in [7, 11) is 1.77. The molecule has 0 amide bonds. The van der Waals surface area contributed by atoms with E-state index >= 15 is 0 Å². The van der Waals surface area contributed by atoms with E-state index in [9.17, 15) is 0 Å². The molecular weight excluding hydrogens is 216 g/mol. The zero-order valence-corrected chi connectivity index (χ0v) is 10.1. The van der Waals surface area contributed by atoms with Crippen molar-refractivity contribution in [1.82, 2.24) is 14.6 Å². The Labute approximate surface area is 99.8 Å². The Morgan fingerprint density at radius 2 is 2.24 bits per heavy atom. The minimum atomic E-state index is 0.406. The minimum absolute atomic E-state index is 0.406. The number of nitrogens with one attached hydrogen (secondary N) is 1. The molecule has 1 aliphatic rings. The number of fused-ring (bicyclic) bond motifs is 1. The number of anilines is 1. The van der Waals surface area contributed by atoms with Crippen molar-refractivity contribution in [3.8, 4) is 0 Å². The Balaban J connectivity index is 1.83. The lowest BCUT2D eigenvalue weighted by Gasteiger charge is -2.35. The molecule has 0 aliphatic heterocycles. The molecule has 0 saturated heterocycles. The summed E-state index contributed by atoms with van der Waals surface area (Å²) in [5, 5.41) is 7.72. The molecule has 3 rings (SSSR count). The summed E-state index contributed by atoms with van der Waals surface area (Å²) in [6, 6.07) is 4.60. The van der Waals surface area contributed by atoms with Crippen molar-refractivity contribution in [1.29, 1.82) is 0 Å². The van der Waals surface area contributed by atoms with E-state index in [-0.39, 0.29) is 0 Å². The molecule has 5 nitrogen and oxygen atoms in total. The zero-order valence-electron chi connectivity index (χ0n) is 10.1. The summed E-state index contributed by atoms with van der Waals surface area (Å²) in [6.07, 6.45) is 4.10. The maximum atomic E-state index is 5.28. The van der Waals surface area contributed by atoms with Crippen molar-refractivity contribution in [2.45, 2.75) is 31.9 Å². The van der Waals surface area contributed by atoms with Crippen LogP contribution in [0.4, 0.5) is 5.82 Å². The van der Waals surface area contributed by atoms with Gasteiger partial charge in [-0.25, -0.2) is 4.98 Å². The third kappa shape index (κ3) is 1.86. The van der Waals surface area contributed by atoms with E-state index in [1.807, 2.05) is 10.6 Å². The first-order valence-corrected chi connectivity index (χ1v) is 5.86. The highest BCUT2D eigenvalue weighted by atomic mass is 16.5. The number of aryl methyl sites for hydroxylation is 1. The predicted octanol–water partition coefficient (Wildman–Crippen LogP) is 1.63. The summed E-state index contributed by atoms with van der Waals surface area (Å²) >= 11 is 0. The van der Waals surface area contributed by atoms with Gasteiger partial charge >= 0.3 is 0 Å². The highest BCUT2D eigenvalue weighted by Gasteiger charge is 2.29. The molecular formula is C12H16N4O. The van der Waals surface area contributed by atoms with Gasteiger partial charge in [0.15, 0.2) is 5.65 Å². The van der Waals surface area contributed by atoms with E-state index in [4.69, 9.17) is 4.74 Å². The van der Waals surface area contributed by atoms with Gasteiger partial charge in [-0.2, -0.15) is 9.61 Å². The van der Waals surface area contributed by atoms with Crippen LogP contribution < -0.4 is 5.32 Å². The molecule has 90 valence electrons. The summed E-state index contributed by atoms with van der Waals surface area (Å²) in [4.78, 5) is 4.21. The van der Waals surface area contributed by atoms with Crippen LogP contribution in [0.3, 0.4) is 0 Å². The van der Waals surface area contributed by atoms with E-state index in [1.54, 1.807) is 13.4 Å². The average Bonchev–Trinajstić information content (AvgIpc) is 2.70. The number of rotatable bonds is 3. The molecule has 1 N–H and O–H groups in total. The summed E-state index contributed by atoms with van der Waals surface area (Å²) < 4.78 is 7.12. The Morgan fingerprint density at radius 1 is 1.41 bits per heavy atom. The molecule has 0 unspecified atom stereocenters. The number of ether oxygens (including phenoxy) is 1. The highest BCUT2D eigenvalue weighted by Crippen LogP contribution is 2.26. The lowest BCUT2D eigenvalue weighted by Crippen LogP contribution is -2.40. The molecule has 0 radical (unpaired) electrons. The van der Waals surface area contributed by atoms with Crippen molar-refractivity contribution >= 4 is 11.5 Å². The van der Waals surface area contributed by atoms with Crippen LogP contribution in [0, 0.1) is 6.92 Å². The third-order valence-electron chi connectivity index (χ3n) is 3.30. The molecule has 1 saturated carbocycles. The number of pyridine rings is 1. The minimum Gasteiger partial charge on any atom is -0.381 e. The standard InChI is InChI=1S/C12H16N4O/c1-8-3-11-13-7-14-16(11)12(4-8)15-9-5-10(6-9)17-2/h3-4,7,9-10,15H,5-6H2,1-2H3. The molecule has 0 atom stereocenters. The second kappa shape index (κ2) is 4.00. The van der Waals surface area contributed by atoms with Gasteiger partial charge in [0, 0.05) is 13.2 Å². The second-order valence-corrected chi connectivity index (χ2v) is 4.62. The van der Waals surface area contributed by atoms with Crippen molar-refractivity contribution < 1.29 is 4.74 Å².